The van der Waals surface area contributed by atoms with Crippen LogP contribution in [0.4, 0.5) is 0 Å². The van der Waals surface area contributed by atoms with Crippen LogP contribution >= 0.6 is 0 Å². The molecular formula is C13H24N4O3. The third-order valence-electron chi connectivity index (χ3n) is 4.53. The van der Waals surface area contributed by atoms with Crippen LogP contribution in [0.25, 0.3) is 0 Å². The van der Waals surface area contributed by atoms with E-state index in [2.05, 4.69) is 10.1 Å². The van der Waals surface area contributed by atoms with E-state index in [0.29, 0.717) is 38.6 Å². The van der Waals surface area contributed by atoms with Crippen LogP contribution in [0.5, 0.6) is 0 Å². The molecule has 0 radical (unpaired) electrons. The van der Waals surface area contributed by atoms with E-state index in [1.807, 2.05) is 19.0 Å². The minimum absolute atomic E-state index is 0.0131. The summed E-state index contributed by atoms with van der Waals surface area (Å²) in [6, 6.07) is 0.378. The first kappa shape index (κ1) is 15.1. The van der Waals surface area contributed by atoms with E-state index >= 15 is 0 Å². The molecule has 0 saturated carbocycles. The molecule has 1 atom stereocenters. The topological polar surface area (TPSA) is 91.4 Å². The van der Waals surface area contributed by atoms with Gasteiger partial charge >= 0.3 is 0 Å². The van der Waals surface area contributed by atoms with Crippen molar-refractivity contribution in [3.8, 4) is 0 Å². The van der Waals surface area contributed by atoms with Gasteiger partial charge in [0.1, 0.15) is 5.41 Å². The highest BCUT2D eigenvalue weighted by atomic mass is 16.5. The van der Waals surface area contributed by atoms with Crippen molar-refractivity contribution in [1.29, 1.82) is 0 Å². The maximum absolute atomic E-state index is 12.9. The number of carbonyl (C=O) groups is 1. The summed E-state index contributed by atoms with van der Waals surface area (Å²) in [5.74, 6) is -0.0143. The van der Waals surface area contributed by atoms with Gasteiger partial charge in [-0.15, -0.1) is 0 Å². The number of hydrogen-bond acceptors (Lipinski definition) is 5. The number of oxime groups is 1. The van der Waals surface area contributed by atoms with Gasteiger partial charge in [0.05, 0.1) is 0 Å². The fourth-order valence-corrected chi connectivity index (χ4v) is 3.05. The Hall–Kier alpha value is -1.34. The number of likely N-dealkylation sites (N-methyl/N-ethyl adjacent to an activating group) is 1. The van der Waals surface area contributed by atoms with Crippen LogP contribution in [0.3, 0.4) is 0 Å². The lowest BCUT2D eigenvalue weighted by atomic mass is 9.77. The molecule has 2 rings (SSSR count). The van der Waals surface area contributed by atoms with Crippen molar-refractivity contribution in [2.45, 2.75) is 25.3 Å². The van der Waals surface area contributed by atoms with Crippen molar-refractivity contribution in [3.63, 3.8) is 0 Å². The fourth-order valence-electron chi connectivity index (χ4n) is 3.05. The summed E-state index contributed by atoms with van der Waals surface area (Å²) in [5, 5.41) is 12.1. The van der Waals surface area contributed by atoms with Crippen molar-refractivity contribution in [2.24, 2.45) is 16.3 Å². The highest BCUT2D eigenvalue weighted by molar-refractivity contribution is 6.06. The van der Waals surface area contributed by atoms with Crippen LogP contribution < -0.4 is 5.73 Å². The zero-order valence-corrected chi connectivity index (χ0v) is 12.2. The third kappa shape index (κ3) is 2.60. The van der Waals surface area contributed by atoms with Gasteiger partial charge in [-0.2, -0.15) is 0 Å². The molecule has 20 heavy (non-hydrogen) atoms. The van der Waals surface area contributed by atoms with Crippen molar-refractivity contribution in [1.82, 2.24) is 9.80 Å². The minimum atomic E-state index is -0.895. The van der Waals surface area contributed by atoms with Crippen molar-refractivity contribution >= 4 is 11.7 Å². The Morgan fingerprint density at radius 1 is 1.45 bits per heavy atom. The van der Waals surface area contributed by atoms with E-state index in [1.165, 1.54) is 0 Å². The van der Waals surface area contributed by atoms with Crippen LogP contribution in [-0.4, -0.2) is 73.2 Å². The Bertz CT molecular complexity index is 391. The van der Waals surface area contributed by atoms with Gasteiger partial charge in [0.15, 0.2) is 5.84 Å². The lowest BCUT2D eigenvalue weighted by Crippen LogP contribution is -2.53. The predicted octanol–water partition coefficient (Wildman–Crippen LogP) is -0.308. The van der Waals surface area contributed by atoms with Crippen LogP contribution in [0.15, 0.2) is 5.16 Å². The van der Waals surface area contributed by atoms with E-state index in [1.54, 1.807) is 0 Å². The first-order valence-corrected chi connectivity index (χ1v) is 7.03. The van der Waals surface area contributed by atoms with Crippen LogP contribution in [0.2, 0.25) is 0 Å². The van der Waals surface area contributed by atoms with E-state index in [4.69, 9.17) is 15.7 Å². The molecule has 1 amide bonds. The quantitative estimate of drug-likeness (QED) is 0.321. The Morgan fingerprint density at radius 3 is 2.60 bits per heavy atom. The molecule has 0 spiro atoms. The van der Waals surface area contributed by atoms with Gasteiger partial charge in [-0.3, -0.25) is 4.79 Å². The maximum Gasteiger partial charge on any atom is 0.236 e. The number of carbonyl (C=O) groups excluding carboxylic acids is 1. The molecule has 2 heterocycles. The second-order valence-corrected chi connectivity index (χ2v) is 5.84. The summed E-state index contributed by atoms with van der Waals surface area (Å²) in [6.45, 7) is 2.36. The third-order valence-corrected chi connectivity index (χ3v) is 4.53. The van der Waals surface area contributed by atoms with Crippen molar-refractivity contribution < 1.29 is 14.7 Å². The number of nitrogens with zero attached hydrogens (tertiary/aromatic N) is 3. The number of rotatable bonds is 3. The number of nitrogens with two attached hydrogens (primary N) is 1. The van der Waals surface area contributed by atoms with Crippen LogP contribution in [0, 0.1) is 5.41 Å². The summed E-state index contributed by atoms with van der Waals surface area (Å²) in [7, 11) is 4.04. The second kappa shape index (κ2) is 5.97. The number of ether oxygens (including phenoxy) is 1. The zero-order chi connectivity index (χ0) is 14.8. The number of amidine groups is 1. The van der Waals surface area contributed by atoms with E-state index < -0.39 is 5.41 Å². The van der Waals surface area contributed by atoms with E-state index in [-0.39, 0.29) is 11.7 Å². The van der Waals surface area contributed by atoms with Crippen LogP contribution in [-0.2, 0) is 9.53 Å². The zero-order valence-electron chi connectivity index (χ0n) is 12.2. The summed E-state index contributed by atoms with van der Waals surface area (Å²) < 4.78 is 5.32. The van der Waals surface area contributed by atoms with Gasteiger partial charge < -0.3 is 25.5 Å². The lowest BCUT2D eigenvalue weighted by molar-refractivity contribution is -0.141. The molecule has 2 aliphatic rings. The molecule has 0 aliphatic carbocycles. The Balaban J connectivity index is 2.16. The molecule has 2 fully saturated rings. The smallest absolute Gasteiger partial charge is 0.236 e. The van der Waals surface area contributed by atoms with Crippen LogP contribution in [0.1, 0.15) is 19.3 Å². The molecule has 2 saturated heterocycles. The largest absolute Gasteiger partial charge is 0.409 e. The monoisotopic (exact) mass is 284 g/mol. The minimum Gasteiger partial charge on any atom is -0.409 e. The summed E-state index contributed by atoms with van der Waals surface area (Å²) in [5.41, 5.74) is 4.94. The van der Waals surface area contributed by atoms with Gasteiger partial charge in [0, 0.05) is 32.3 Å². The number of hydrogen-bond donors (Lipinski definition) is 2. The predicted molar refractivity (Wildman–Crippen MR) is 74.6 cm³/mol. The molecule has 7 nitrogen and oxygen atoms in total. The highest BCUT2D eigenvalue weighted by Gasteiger charge is 2.48. The molecule has 114 valence electrons. The molecular weight excluding hydrogens is 260 g/mol. The summed E-state index contributed by atoms with van der Waals surface area (Å²) in [6.07, 6.45) is 1.91. The van der Waals surface area contributed by atoms with Gasteiger partial charge in [-0.1, -0.05) is 5.16 Å². The number of amides is 1. The normalized spacial score (nSPS) is 27.1. The van der Waals surface area contributed by atoms with Gasteiger partial charge in [-0.25, -0.2) is 0 Å². The maximum atomic E-state index is 12.9. The molecule has 0 aromatic rings. The van der Waals surface area contributed by atoms with E-state index in [9.17, 15) is 4.79 Å². The van der Waals surface area contributed by atoms with Crippen molar-refractivity contribution in [3.05, 3.63) is 0 Å². The molecule has 0 bridgehead atoms. The lowest BCUT2D eigenvalue weighted by Gasteiger charge is -2.37. The molecule has 2 aliphatic heterocycles. The molecule has 1 unspecified atom stereocenters. The summed E-state index contributed by atoms with van der Waals surface area (Å²) in [4.78, 5) is 16.8. The highest BCUT2D eigenvalue weighted by Crippen LogP contribution is 2.34. The Labute approximate surface area is 119 Å². The molecule has 0 aromatic carbocycles. The molecule has 7 heteroatoms. The summed E-state index contributed by atoms with van der Waals surface area (Å²) >= 11 is 0. The molecule has 0 aromatic heterocycles. The van der Waals surface area contributed by atoms with E-state index in [0.717, 1.165) is 13.0 Å². The van der Waals surface area contributed by atoms with Crippen molar-refractivity contribution in [2.75, 3.05) is 40.4 Å². The average molecular weight is 284 g/mol. The fraction of sp³-hybridized carbons (Fsp3) is 0.846. The van der Waals surface area contributed by atoms with Gasteiger partial charge in [-0.05, 0) is 33.4 Å². The van der Waals surface area contributed by atoms with Gasteiger partial charge in [0.25, 0.3) is 0 Å². The Kier molecular flexibility index (Phi) is 4.49. The standard InChI is InChI=1S/C13H24N4O3/c1-16(2)10-3-6-17(9-10)12(18)13(11(14)15-19)4-7-20-8-5-13/h10,19H,3-9H2,1-2H3,(H2,14,15). The number of likely N-dealkylation sites (tertiary alicyclic amines) is 1. The average Bonchev–Trinajstić information content (AvgIpc) is 2.96. The second-order valence-electron chi connectivity index (χ2n) is 5.84. The first-order valence-electron chi connectivity index (χ1n) is 7.03. The Morgan fingerprint density at radius 2 is 2.10 bits per heavy atom. The molecule has 3 N–H and O–H groups in total. The first-order chi connectivity index (χ1) is 9.51. The SMILES string of the molecule is CN(C)C1CCN(C(=O)C2(C(N)=NO)CCOCC2)C1. The van der Waals surface area contributed by atoms with Gasteiger partial charge in [0.2, 0.25) is 5.91 Å².